The van der Waals surface area contributed by atoms with Crippen molar-refractivity contribution >= 4 is 17.5 Å². The van der Waals surface area contributed by atoms with Crippen molar-refractivity contribution in [3.8, 4) is 0 Å². The number of carbonyl (C=O) groups is 1. The molecule has 0 spiro atoms. The molecular weight excluding hydrogens is 312 g/mol. The number of carbonyl (C=O) groups excluding carboxylic acids is 1. The van der Waals surface area contributed by atoms with E-state index in [9.17, 15) is 4.79 Å². The third-order valence-electron chi connectivity index (χ3n) is 4.79. The lowest BCUT2D eigenvalue weighted by Gasteiger charge is -2.35. The van der Waals surface area contributed by atoms with Crippen LogP contribution in [-0.2, 0) is 11.2 Å². The van der Waals surface area contributed by atoms with Gasteiger partial charge in [-0.25, -0.2) is 0 Å². The van der Waals surface area contributed by atoms with Crippen LogP contribution in [-0.4, -0.2) is 28.7 Å². The minimum Gasteiger partial charge on any atom is -0.352 e. The van der Waals surface area contributed by atoms with Gasteiger partial charge in [-0.1, -0.05) is 37.3 Å². The van der Waals surface area contributed by atoms with Gasteiger partial charge in [-0.2, -0.15) is 0 Å². The number of benzene rings is 1. The Morgan fingerprint density at radius 3 is 2.72 bits per heavy atom. The van der Waals surface area contributed by atoms with Gasteiger partial charge in [-0.15, -0.1) is 10.2 Å². The van der Waals surface area contributed by atoms with E-state index in [1.807, 2.05) is 42.5 Å². The van der Waals surface area contributed by atoms with E-state index in [1.165, 1.54) is 19.3 Å². The Kier molecular flexibility index (Phi) is 5.99. The maximum Gasteiger partial charge on any atom is 0.225 e. The van der Waals surface area contributed by atoms with Crippen molar-refractivity contribution < 1.29 is 4.79 Å². The summed E-state index contributed by atoms with van der Waals surface area (Å²) in [6.45, 7) is 3.26. The normalized spacial score (nSPS) is 17.3. The molecule has 5 heteroatoms. The summed E-state index contributed by atoms with van der Waals surface area (Å²) in [5.41, 5.74) is 1.16. The number of rotatable bonds is 6. The van der Waals surface area contributed by atoms with Gasteiger partial charge in [0, 0.05) is 19.0 Å². The molecule has 132 valence electrons. The van der Waals surface area contributed by atoms with Crippen molar-refractivity contribution in [2.24, 2.45) is 0 Å². The van der Waals surface area contributed by atoms with E-state index >= 15 is 0 Å². The van der Waals surface area contributed by atoms with Gasteiger partial charge < -0.3 is 10.2 Å². The molecule has 1 atom stereocenters. The molecule has 0 aliphatic carbocycles. The Morgan fingerprint density at radius 2 is 2.00 bits per heavy atom. The van der Waals surface area contributed by atoms with Gasteiger partial charge in [0.25, 0.3) is 0 Å². The van der Waals surface area contributed by atoms with Crippen molar-refractivity contribution in [3.05, 3.63) is 48.0 Å². The van der Waals surface area contributed by atoms with Gasteiger partial charge in [-0.05, 0) is 49.8 Å². The third kappa shape index (κ3) is 4.78. The Bertz CT molecular complexity index is 672. The first-order valence-corrected chi connectivity index (χ1v) is 9.20. The van der Waals surface area contributed by atoms with Crippen molar-refractivity contribution in [1.82, 2.24) is 10.2 Å². The highest BCUT2D eigenvalue weighted by Crippen LogP contribution is 2.24. The SMILES string of the molecule is CCC1CCCCN1c1ccc(NC(=O)CCc2ccccc2)nn1. The fourth-order valence-electron chi connectivity index (χ4n) is 3.38. The molecule has 1 aliphatic rings. The van der Waals surface area contributed by atoms with Crippen molar-refractivity contribution in [1.29, 1.82) is 0 Å². The molecule has 25 heavy (non-hydrogen) atoms. The van der Waals surface area contributed by atoms with E-state index in [-0.39, 0.29) is 5.91 Å². The van der Waals surface area contributed by atoms with Crippen LogP contribution in [0.4, 0.5) is 11.6 Å². The number of nitrogens with one attached hydrogen (secondary N) is 1. The molecule has 1 aromatic carbocycles. The Balaban J connectivity index is 1.54. The quantitative estimate of drug-likeness (QED) is 0.870. The van der Waals surface area contributed by atoms with Crippen LogP contribution >= 0.6 is 0 Å². The van der Waals surface area contributed by atoms with E-state index in [4.69, 9.17) is 0 Å². The van der Waals surface area contributed by atoms with E-state index in [2.05, 4.69) is 27.3 Å². The molecule has 2 heterocycles. The Hall–Kier alpha value is -2.43. The lowest BCUT2D eigenvalue weighted by Crippen LogP contribution is -2.39. The highest BCUT2D eigenvalue weighted by atomic mass is 16.1. The van der Waals surface area contributed by atoms with Crippen LogP contribution in [0.1, 0.15) is 44.6 Å². The zero-order valence-electron chi connectivity index (χ0n) is 14.8. The number of aryl methyl sites for hydroxylation is 1. The van der Waals surface area contributed by atoms with Crippen molar-refractivity contribution in [3.63, 3.8) is 0 Å². The number of hydrogen-bond donors (Lipinski definition) is 1. The highest BCUT2D eigenvalue weighted by molar-refractivity contribution is 5.89. The largest absolute Gasteiger partial charge is 0.352 e. The van der Waals surface area contributed by atoms with E-state index in [0.717, 1.165) is 30.8 Å². The second kappa shape index (κ2) is 8.60. The number of piperidine rings is 1. The second-order valence-electron chi connectivity index (χ2n) is 6.56. The predicted molar refractivity (Wildman–Crippen MR) is 101 cm³/mol. The van der Waals surface area contributed by atoms with E-state index in [0.29, 0.717) is 18.3 Å². The third-order valence-corrected chi connectivity index (χ3v) is 4.79. The summed E-state index contributed by atoms with van der Waals surface area (Å²) in [6.07, 6.45) is 6.01. The van der Waals surface area contributed by atoms with Gasteiger partial charge in [0.1, 0.15) is 0 Å². The Labute approximate surface area is 149 Å². The number of nitrogens with zero attached hydrogens (tertiary/aromatic N) is 3. The first-order chi connectivity index (χ1) is 12.3. The topological polar surface area (TPSA) is 58.1 Å². The van der Waals surface area contributed by atoms with Crippen molar-refractivity contribution in [2.75, 3.05) is 16.8 Å². The van der Waals surface area contributed by atoms with Gasteiger partial charge in [-0.3, -0.25) is 4.79 Å². The van der Waals surface area contributed by atoms with Gasteiger partial charge in [0.2, 0.25) is 5.91 Å². The van der Waals surface area contributed by atoms with Crippen LogP contribution in [0.5, 0.6) is 0 Å². The molecule has 1 aromatic heterocycles. The highest BCUT2D eigenvalue weighted by Gasteiger charge is 2.22. The summed E-state index contributed by atoms with van der Waals surface area (Å²) < 4.78 is 0. The van der Waals surface area contributed by atoms with Crippen molar-refractivity contribution in [2.45, 2.75) is 51.5 Å². The van der Waals surface area contributed by atoms with Gasteiger partial charge in [0.15, 0.2) is 11.6 Å². The molecule has 3 rings (SSSR count). The fraction of sp³-hybridized carbons (Fsp3) is 0.450. The van der Waals surface area contributed by atoms with Crippen LogP contribution in [0.15, 0.2) is 42.5 Å². The molecule has 0 bridgehead atoms. The monoisotopic (exact) mass is 338 g/mol. The molecule has 1 unspecified atom stereocenters. The summed E-state index contributed by atoms with van der Waals surface area (Å²) in [7, 11) is 0. The number of amides is 1. The molecule has 1 fully saturated rings. The summed E-state index contributed by atoms with van der Waals surface area (Å²) in [5.74, 6) is 1.40. The Morgan fingerprint density at radius 1 is 1.16 bits per heavy atom. The molecule has 1 aliphatic heterocycles. The van der Waals surface area contributed by atoms with E-state index < -0.39 is 0 Å². The first-order valence-electron chi connectivity index (χ1n) is 9.20. The van der Waals surface area contributed by atoms with Crippen LogP contribution in [0.25, 0.3) is 0 Å². The molecular formula is C20H26N4O. The molecule has 2 aromatic rings. The molecule has 5 nitrogen and oxygen atoms in total. The summed E-state index contributed by atoms with van der Waals surface area (Å²) >= 11 is 0. The number of hydrogen-bond acceptors (Lipinski definition) is 4. The lowest BCUT2D eigenvalue weighted by atomic mass is 10.0. The molecule has 0 saturated carbocycles. The van der Waals surface area contributed by atoms with E-state index in [1.54, 1.807) is 0 Å². The standard InChI is InChI=1S/C20H26N4O/c1-2-17-10-6-7-15-24(17)19-13-12-18(22-23-19)21-20(25)14-11-16-8-4-3-5-9-16/h3-5,8-9,12-13,17H,2,6-7,10-11,14-15H2,1H3,(H,21,22,25). The zero-order valence-corrected chi connectivity index (χ0v) is 14.8. The summed E-state index contributed by atoms with van der Waals surface area (Å²) in [5, 5.41) is 11.4. The first kappa shape index (κ1) is 17.4. The zero-order chi connectivity index (χ0) is 17.5. The maximum atomic E-state index is 12.1. The molecule has 1 N–H and O–H groups in total. The molecule has 1 amide bonds. The van der Waals surface area contributed by atoms with Crippen LogP contribution in [0, 0.1) is 0 Å². The van der Waals surface area contributed by atoms with Gasteiger partial charge >= 0.3 is 0 Å². The summed E-state index contributed by atoms with van der Waals surface area (Å²) in [4.78, 5) is 14.4. The minimum absolute atomic E-state index is 0.0321. The average Bonchev–Trinajstić information content (AvgIpc) is 2.68. The number of aromatic nitrogens is 2. The molecule has 0 radical (unpaired) electrons. The fourth-order valence-corrected chi connectivity index (χ4v) is 3.38. The van der Waals surface area contributed by atoms with Crippen LogP contribution in [0.2, 0.25) is 0 Å². The van der Waals surface area contributed by atoms with Crippen LogP contribution < -0.4 is 10.2 Å². The average molecular weight is 338 g/mol. The number of anilines is 2. The van der Waals surface area contributed by atoms with Gasteiger partial charge in [0.05, 0.1) is 0 Å². The minimum atomic E-state index is -0.0321. The maximum absolute atomic E-state index is 12.1. The molecule has 1 saturated heterocycles. The predicted octanol–water partition coefficient (Wildman–Crippen LogP) is 3.82. The summed E-state index contributed by atoms with van der Waals surface area (Å²) in [6, 6.07) is 14.4. The van der Waals surface area contributed by atoms with Crippen LogP contribution in [0.3, 0.4) is 0 Å². The smallest absolute Gasteiger partial charge is 0.225 e. The second-order valence-corrected chi connectivity index (χ2v) is 6.56. The lowest BCUT2D eigenvalue weighted by molar-refractivity contribution is -0.116.